The van der Waals surface area contributed by atoms with Gasteiger partial charge in [0.15, 0.2) is 5.65 Å². The summed E-state index contributed by atoms with van der Waals surface area (Å²) >= 11 is 0. The molecule has 9 nitrogen and oxygen atoms in total. The predicted octanol–water partition coefficient (Wildman–Crippen LogP) is 2.00. The number of nitrogens with one attached hydrogen (secondary N) is 1. The molecule has 0 saturated carbocycles. The topological polar surface area (TPSA) is 110 Å². The standard InChI is InChI=1S/C19H22N6O3S/c1-12(2)14-11-21-25-17(14)22-19(29(3,27)28)23-18(25)20-10-13-6-4-5-7-15(13)24-9-8-16(24)26/h4-7,11-12H,8-10H2,1-3H3,(H,20,22,23). The summed E-state index contributed by atoms with van der Waals surface area (Å²) in [4.78, 5) is 22.0. The molecule has 0 bridgehead atoms. The Hall–Kier alpha value is -3.01. The van der Waals surface area contributed by atoms with Crippen molar-refractivity contribution in [1.29, 1.82) is 0 Å². The molecule has 1 aromatic carbocycles. The van der Waals surface area contributed by atoms with Gasteiger partial charge in [-0.1, -0.05) is 32.0 Å². The zero-order chi connectivity index (χ0) is 20.8. The minimum absolute atomic E-state index is 0.0925. The van der Waals surface area contributed by atoms with Crippen molar-refractivity contribution < 1.29 is 13.2 Å². The van der Waals surface area contributed by atoms with Gasteiger partial charge < -0.3 is 10.2 Å². The molecule has 3 aromatic rings. The van der Waals surface area contributed by atoms with E-state index < -0.39 is 9.84 Å². The number of amides is 1. The maximum Gasteiger partial charge on any atom is 0.252 e. The Morgan fingerprint density at radius 1 is 1.21 bits per heavy atom. The monoisotopic (exact) mass is 414 g/mol. The quantitative estimate of drug-likeness (QED) is 0.614. The van der Waals surface area contributed by atoms with Crippen molar-refractivity contribution in [3.63, 3.8) is 0 Å². The number of hydrogen-bond acceptors (Lipinski definition) is 7. The summed E-state index contributed by atoms with van der Waals surface area (Å²) in [6, 6.07) is 7.60. The lowest BCUT2D eigenvalue weighted by Crippen LogP contribution is -2.44. The number of carbonyl (C=O) groups excluding carboxylic acids is 1. The third-order valence-electron chi connectivity index (χ3n) is 4.90. The van der Waals surface area contributed by atoms with Gasteiger partial charge in [-0.25, -0.2) is 8.42 Å². The van der Waals surface area contributed by atoms with Gasteiger partial charge in [-0.2, -0.15) is 19.6 Å². The number of hydrogen-bond donors (Lipinski definition) is 1. The summed E-state index contributed by atoms with van der Waals surface area (Å²) in [5.74, 6) is 0.503. The molecule has 1 saturated heterocycles. The van der Waals surface area contributed by atoms with Gasteiger partial charge in [0.1, 0.15) is 0 Å². The number of nitrogens with zero attached hydrogens (tertiary/aromatic N) is 5. The van der Waals surface area contributed by atoms with E-state index in [1.165, 1.54) is 4.52 Å². The van der Waals surface area contributed by atoms with Crippen molar-refractivity contribution in [1.82, 2.24) is 19.6 Å². The molecular formula is C19H22N6O3S. The van der Waals surface area contributed by atoms with Gasteiger partial charge in [0.25, 0.3) is 5.16 Å². The number of carbonyl (C=O) groups is 1. The van der Waals surface area contributed by atoms with Crippen LogP contribution >= 0.6 is 0 Å². The summed E-state index contributed by atoms with van der Waals surface area (Å²) < 4.78 is 25.7. The number of sulfone groups is 1. The Labute approximate surface area is 168 Å². The van der Waals surface area contributed by atoms with Crippen LogP contribution in [0.1, 0.15) is 37.3 Å². The van der Waals surface area contributed by atoms with Crippen molar-refractivity contribution >= 4 is 33.0 Å². The van der Waals surface area contributed by atoms with Crippen LogP contribution < -0.4 is 10.2 Å². The van der Waals surface area contributed by atoms with E-state index in [0.29, 0.717) is 25.2 Å². The third-order valence-corrected chi connectivity index (χ3v) is 5.74. The van der Waals surface area contributed by atoms with Crippen molar-refractivity contribution in [3.05, 3.63) is 41.6 Å². The van der Waals surface area contributed by atoms with Gasteiger partial charge in [0.2, 0.25) is 21.7 Å². The Morgan fingerprint density at radius 2 is 1.97 bits per heavy atom. The lowest BCUT2D eigenvalue weighted by Gasteiger charge is -2.32. The molecular weight excluding hydrogens is 392 g/mol. The van der Waals surface area contributed by atoms with Gasteiger partial charge in [-0.05, 0) is 17.5 Å². The fourth-order valence-electron chi connectivity index (χ4n) is 3.23. The average molecular weight is 414 g/mol. The van der Waals surface area contributed by atoms with Crippen LogP contribution in [0.25, 0.3) is 5.65 Å². The van der Waals surface area contributed by atoms with E-state index in [1.54, 1.807) is 11.1 Å². The summed E-state index contributed by atoms with van der Waals surface area (Å²) in [6.07, 6.45) is 3.31. The Morgan fingerprint density at radius 3 is 2.59 bits per heavy atom. The van der Waals surface area contributed by atoms with E-state index in [1.807, 2.05) is 38.1 Å². The highest BCUT2D eigenvalue weighted by Crippen LogP contribution is 2.27. The molecule has 0 spiro atoms. The van der Waals surface area contributed by atoms with Crippen molar-refractivity contribution in [2.45, 2.75) is 37.9 Å². The van der Waals surface area contributed by atoms with Gasteiger partial charge in [-0.3, -0.25) is 4.79 Å². The van der Waals surface area contributed by atoms with Crippen LogP contribution in [0, 0.1) is 0 Å². The molecule has 0 atom stereocenters. The number of rotatable bonds is 6. The molecule has 0 radical (unpaired) electrons. The minimum Gasteiger partial charge on any atom is -0.350 e. The van der Waals surface area contributed by atoms with Crippen molar-refractivity contribution in [2.75, 3.05) is 23.0 Å². The Kier molecular flexibility index (Phi) is 4.73. The number of anilines is 2. The second-order valence-electron chi connectivity index (χ2n) is 7.37. The maximum absolute atomic E-state index is 12.1. The van der Waals surface area contributed by atoms with E-state index >= 15 is 0 Å². The smallest absolute Gasteiger partial charge is 0.252 e. The predicted molar refractivity (Wildman–Crippen MR) is 109 cm³/mol. The minimum atomic E-state index is -3.60. The number of fused-ring (bicyclic) bond motifs is 1. The molecule has 29 heavy (non-hydrogen) atoms. The van der Waals surface area contributed by atoms with Crippen LogP contribution in [-0.4, -0.2) is 46.7 Å². The van der Waals surface area contributed by atoms with Crippen LogP contribution in [0.5, 0.6) is 0 Å². The fourth-order valence-corrected chi connectivity index (χ4v) is 3.73. The zero-order valence-corrected chi connectivity index (χ0v) is 17.3. The fraction of sp³-hybridized carbons (Fsp3) is 0.368. The van der Waals surface area contributed by atoms with Gasteiger partial charge in [-0.15, -0.1) is 0 Å². The Bertz CT molecular complexity index is 1200. The summed E-state index contributed by atoms with van der Waals surface area (Å²) in [5, 5.41) is 7.27. The van der Waals surface area contributed by atoms with E-state index in [0.717, 1.165) is 23.1 Å². The van der Waals surface area contributed by atoms with Gasteiger partial charge in [0, 0.05) is 37.0 Å². The molecule has 1 aliphatic heterocycles. The lowest BCUT2D eigenvalue weighted by atomic mass is 10.1. The van der Waals surface area contributed by atoms with Crippen molar-refractivity contribution in [2.24, 2.45) is 0 Å². The summed E-state index contributed by atoms with van der Waals surface area (Å²) in [5.41, 5.74) is 3.05. The molecule has 1 amide bonds. The van der Waals surface area contributed by atoms with Crippen LogP contribution in [0.15, 0.2) is 35.6 Å². The van der Waals surface area contributed by atoms with E-state index in [2.05, 4.69) is 20.4 Å². The first-order valence-corrected chi connectivity index (χ1v) is 11.2. The van der Waals surface area contributed by atoms with E-state index in [-0.39, 0.29) is 22.9 Å². The van der Waals surface area contributed by atoms with Crippen LogP contribution in [0.4, 0.5) is 11.6 Å². The second-order valence-corrected chi connectivity index (χ2v) is 9.28. The molecule has 1 fully saturated rings. The molecule has 2 aromatic heterocycles. The largest absolute Gasteiger partial charge is 0.350 e. The number of para-hydroxylation sites is 1. The number of β-lactam (4-membered cyclic amide) rings is 1. The highest BCUT2D eigenvalue weighted by Gasteiger charge is 2.27. The third kappa shape index (κ3) is 3.55. The molecule has 152 valence electrons. The highest BCUT2D eigenvalue weighted by molar-refractivity contribution is 7.90. The van der Waals surface area contributed by atoms with E-state index in [4.69, 9.17) is 0 Å². The maximum atomic E-state index is 12.1. The average Bonchev–Trinajstić information content (AvgIpc) is 3.09. The first-order valence-electron chi connectivity index (χ1n) is 9.33. The summed E-state index contributed by atoms with van der Waals surface area (Å²) in [6.45, 7) is 5.04. The molecule has 3 heterocycles. The SMILES string of the molecule is CC(C)c1cnn2c(NCc3ccccc3N3CCC3=O)nc(S(C)(=O)=O)nc12. The van der Waals surface area contributed by atoms with Gasteiger partial charge >= 0.3 is 0 Å². The second kappa shape index (κ2) is 7.11. The zero-order valence-electron chi connectivity index (χ0n) is 16.5. The molecule has 0 aliphatic carbocycles. The molecule has 1 aliphatic rings. The number of aromatic nitrogens is 4. The normalized spacial score (nSPS) is 14.5. The molecule has 0 unspecified atom stereocenters. The molecule has 4 rings (SSSR count). The van der Waals surface area contributed by atoms with E-state index in [9.17, 15) is 13.2 Å². The summed E-state index contributed by atoms with van der Waals surface area (Å²) in [7, 11) is -3.60. The highest BCUT2D eigenvalue weighted by atomic mass is 32.2. The first-order chi connectivity index (χ1) is 13.8. The van der Waals surface area contributed by atoms with Crippen LogP contribution in [0.2, 0.25) is 0 Å². The lowest BCUT2D eigenvalue weighted by molar-refractivity contribution is -0.122. The molecule has 1 N–H and O–H groups in total. The van der Waals surface area contributed by atoms with Crippen molar-refractivity contribution in [3.8, 4) is 0 Å². The first kappa shape index (κ1) is 19.3. The number of benzene rings is 1. The molecule has 10 heteroatoms. The van der Waals surface area contributed by atoms with Crippen LogP contribution in [-0.2, 0) is 21.2 Å². The Balaban J connectivity index is 1.73. The van der Waals surface area contributed by atoms with Gasteiger partial charge in [0.05, 0.1) is 6.20 Å². The van der Waals surface area contributed by atoms with Crippen LogP contribution in [0.3, 0.4) is 0 Å².